The zero-order valence-corrected chi connectivity index (χ0v) is 11.2. The lowest BCUT2D eigenvalue weighted by Gasteiger charge is -2.39. The molecule has 104 valence electrons. The largest absolute Gasteiger partial charge is 0.311 e. The van der Waals surface area contributed by atoms with Crippen molar-refractivity contribution in [1.82, 2.24) is 5.32 Å². The number of benzene rings is 1. The standard InChI is InChI=1S/C16H17FN2O/c17-15-6-10(9-18)4-5-14(15)16(20)11-7-12-2-1-3-13(8-11)19-12/h4-6,11-13,19H,1-3,7-8H2. The van der Waals surface area contributed by atoms with Gasteiger partial charge in [-0.2, -0.15) is 5.26 Å². The molecule has 0 spiro atoms. The van der Waals surface area contributed by atoms with Gasteiger partial charge in [-0.15, -0.1) is 0 Å². The van der Waals surface area contributed by atoms with Crippen LogP contribution in [0, 0.1) is 23.1 Å². The molecule has 2 fully saturated rings. The van der Waals surface area contributed by atoms with Crippen LogP contribution in [-0.4, -0.2) is 17.9 Å². The van der Waals surface area contributed by atoms with Gasteiger partial charge in [0.1, 0.15) is 5.82 Å². The van der Waals surface area contributed by atoms with E-state index < -0.39 is 5.82 Å². The first-order valence-electron chi connectivity index (χ1n) is 7.17. The van der Waals surface area contributed by atoms with E-state index in [9.17, 15) is 9.18 Å². The van der Waals surface area contributed by atoms with Gasteiger partial charge in [0.05, 0.1) is 17.2 Å². The number of piperidine rings is 2. The summed E-state index contributed by atoms with van der Waals surface area (Å²) in [6.45, 7) is 0. The van der Waals surface area contributed by atoms with Crippen molar-refractivity contribution < 1.29 is 9.18 Å². The molecular weight excluding hydrogens is 255 g/mol. The van der Waals surface area contributed by atoms with Crippen LogP contribution in [0.5, 0.6) is 0 Å². The van der Waals surface area contributed by atoms with Gasteiger partial charge >= 0.3 is 0 Å². The molecule has 2 saturated heterocycles. The average Bonchev–Trinajstić information content (AvgIpc) is 2.46. The second-order valence-corrected chi connectivity index (χ2v) is 5.83. The van der Waals surface area contributed by atoms with Crippen LogP contribution < -0.4 is 5.32 Å². The quantitative estimate of drug-likeness (QED) is 0.842. The lowest BCUT2D eigenvalue weighted by Crippen LogP contribution is -2.50. The number of rotatable bonds is 2. The zero-order chi connectivity index (χ0) is 14.1. The summed E-state index contributed by atoms with van der Waals surface area (Å²) < 4.78 is 13.9. The number of hydrogen-bond donors (Lipinski definition) is 1. The van der Waals surface area contributed by atoms with Crippen LogP contribution in [-0.2, 0) is 0 Å². The normalized spacial score (nSPS) is 28.7. The molecule has 3 nitrogen and oxygen atoms in total. The lowest BCUT2D eigenvalue weighted by atomic mass is 9.77. The molecule has 2 aliphatic rings. The molecule has 0 radical (unpaired) electrons. The van der Waals surface area contributed by atoms with Gasteiger partial charge in [0.2, 0.25) is 0 Å². The second kappa shape index (κ2) is 5.34. The van der Waals surface area contributed by atoms with E-state index >= 15 is 0 Å². The predicted octanol–water partition coefficient (Wildman–Crippen LogP) is 2.80. The van der Waals surface area contributed by atoms with E-state index in [1.807, 2.05) is 6.07 Å². The third-order valence-corrected chi connectivity index (χ3v) is 4.45. The van der Waals surface area contributed by atoms with E-state index in [0.29, 0.717) is 12.1 Å². The summed E-state index contributed by atoms with van der Waals surface area (Å²) in [4.78, 5) is 12.5. The van der Waals surface area contributed by atoms with Crippen molar-refractivity contribution in [2.45, 2.75) is 44.2 Å². The third kappa shape index (κ3) is 2.46. The van der Waals surface area contributed by atoms with E-state index in [1.165, 1.54) is 18.6 Å². The van der Waals surface area contributed by atoms with Crippen molar-refractivity contribution in [3.8, 4) is 6.07 Å². The summed E-state index contributed by atoms with van der Waals surface area (Å²) in [7, 11) is 0. The molecule has 20 heavy (non-hydrogen) atoms. The summed E-state index contributed by atoms with van der Waals surface area (Å²) in [5, 5.41) is 12.3. The molecule has 1 N–H and O–H groups in total. The first-order valence-corrected chi connectivity index (χ1v) is 7.17. The summed E-state index contributed by atoms with van der Waals surface area (Å²) >= 11 is 0. The van der Waals surface area contributed by atoms with Gasteiger partial charge in [-0.05, 0) is 43.9 Å². The number of nitrogens with one attached hydrogen (secondary N) is 1. The number of halogens is 1. The smallest absolute Gasteiger partial charge is 0.169 e. The van der Waals surface area contributed by atoms with Crippen molar-refractivity contribution in [3.05, 3.63) is 35.1 Å². The number of fused-ring (bicyclic) bond motifs is 2. The number of nitriles is 1. The number of nitrogens with zero attached hydrogens (tertiary/aromatic N) is 1. The van der Waals surface area contributed by atoms with Gasteiger partial charge in [-0.1, -0.05) is 6.42 Å². The molecule has 2 unspecified atom stereocenters. The van der Waals surface area contributed by atoms with Crippen LogP contribution >= 0.6 is 0 Å². The Kier molecular flexibility index (Phi) is 3.54. The van der Waals surface area contributed by atoms with Crippen molar-refractivity contribution in [2.75, 3.05) is 0 Å². The number of Topliss-reactive ketones (excluding diaryl/α,β-unsaturated/α-hetero) is 1. The Morgan fingerprint density at radius 1 is 1.30 bits per heavy atom. The molecule has 1 aromatic rings. The fourth-order valence-corrected chi connectivity index (χ4v) is 3.48. The minimum atomic E-state index is -0.572. The monoisotopic (exact) mass is 272 g/mol. The van der Waals surface area contributed by atoms with Crippen LogP contribution in [0.25, 0.3) is 0 Å². The number of ketones is 1. The molecule has 2 heterocycles. The molecule has 2 aliphatic heterocycles. The van der Waals surface area contributed by atoms with Crippen LogP contribution in [0.2, 0.25) is 0 Å². The van der Waals surface area contributed by atoms with Crippen LogP contribution in [0.1, 0.15) is 48.0 Å². The summed E-state index contributed by atoms with van der Waals surface area (Å²) in [5.74, 6) is -0.767. The Labute approximate surface area is 117 Å². The summed E-state index contributed by atoms with van der Waals surface area (Å²) in [6, 6.07) is 6.80. The number of hydrogen-bond acceptors (Lipinski definition) is 3. The zero-order valence-electron chi connectivity index (χ0n) is 11.2. The molecule has 2 bridgehead atoms. The molecule has 1 aromatic carbocycles. The molecule has 0 aliphatic carbocycles. The maximum absolute atomic E-state index is 13.9. The van der Waals surface area contributed by atoms with E-state index in [1.54, 1.807) is 0 Å². The van der Waals surface area contributed by atoms with Crippen molar-refractivity contribution in [3.63, 3.8) is 0 Å². The average molecular weight is 272 g/mol. The van der Waals surface area contributed by atoms with Crippen molar-refractivity contribution in [1.29, 1.82) is 5.26 Å². The Bertz CT molecular complexity index is 566. The maximum atomic E-state index is 13.9. The van der Waals surface area contributed by atoms with Crippen LogP contribution in [0.15, 0.2) is 18.2 Å². The molecular formula is C16H17FN2O. The van der Waals surface area contributed by atoms with E-state index in [2.05, 4.69) is 5.32 Å². The fraction of sp³-hybridized carbons (Fsp3) is 0.500. The van der Waals surface area contributed by atoms with Gasteiger partial charge in [0.25, 0.3) is 0 Å². The molecule has 0 amide bonds. The van der Waals surface area contributed by atoms with Gasteiger partial charge in [0, 0.05) is 18.0 Å². The lowest BCUT2D eigenvalue weighted by molar-refractivity contribution is 0.0821. The Balaban J connectivity index is 1.80. The first kappa shape index (κ1) is 13.3. The van der Waals surface area contributed by atoms with E-state index in [4.69, 9.17) is 5.26 Å². The molecule has 3 rings (SSSR count). The van der Waals surface area contributed by atoms with E-state index in [-0.39, 0.29) is 22.8 Å². The molecule has 0 saturated carbocycles. The fourth-order valence-electron chi connectivity index (χ4n) is 3.48. The SMILES string of the molecule is N#Cc1ccc(C(=O)C2CC3CCCC(C2)N3)c(F)c1. The Hall–Kier alpha value is -1.73. The minimum absolute atomic E-state index is 0.0889. The highest BCUT2D eigenvalue weighted by Crippen LogP contribution is 2.32. The number of carbonyl (C=O) groups is 1. The van der Waals surface area contributed by atoms with Gasteiger partial charge < -0.3 is 5.32 Å². The van der Waals surface area contributed by atoms with Gasteiger partial charge in [0.15, 0.2) is 5.78 Å². The molecule has 2 atom stereocenters. The third-order valence-electron chi connectivity index (χ3n) is 4.45. The number of carbonyl (C=O) groups excluding carboxylic acids is 1. The van der Waals surface area contributed by atoms with E-state index in [0.717, 1.165) is 31.7 Å². The Morgan fingerprint density at radius 2 is 2.00 bits per heavy atom. The second-order valence-electron chi connectivity index (χ2n) is 5.83. The topological polar surface area (TPSA) is 52.9 Å². The van der Waals surface area contributed by atoms with Crippen molar-refractivity contribution >= 4 is 5.78 Å². The highest BCUT2D eigenvalue weighted by atomic mass is 19.1. The maximum Gasteiger partial charge on any atom is 0.169 e. The first-order chi connectivity index (χ1) is 9.67. The van der Waals surface area contributed by atoms with Crippen LogP contribution in [0.4, 0.5) is 4.39 Å². The molecule has 4 heteroatoms. The summed E-state index contributed by atoms with van der Waals surface area (Å²) in [6.07, 6.45) is 5.03. The molecule has 0 aromatic heterocycles. The minimum Gasteiger partial charge on any atom is -0.311 e. The summed E-state index contributed by atoms with van der Waals surface area (Å²) in [5.41, 5.74) is 0.384. The van der Waals surface area contributed by atoms with Crippen molar-refractivity contribution in [2.24, 2.45) is 5.92 Å². The predicted molar refractivity (Wildman–Crippen MR) is 72.7 cm³/mol. The van der Waals surface area contributed by atoms with Crippen LogP contribution in [0.3, 0.4) is 0 Å². The van der Waals surface area contributed by atoms with Gasteiger partial charge in [-0.3, -0.25) is 4.79 Å². The Morgan fingerprint density at radius 3 is 2.60 bits per heavy atom. The highest BCUT2D eigenvalue weighted by Gasteiger charge is 2.35. The van der Waals surface area contributed by atoms with Gasteiger partial charge in [-0.25, -0.2) is 4.39 Å². The highest BCUT2D eigenvalue weighted by molar-refractivity contribution is 5.98.